The SMILES string of the molecule is CC(O)c1ccc(C#N)cc1Oc1ccc(CC#N)cc1. The molecule has 1 unspecified atom stereocenters. The van der Waals surface area contributed by atoms with E-state index in [1.54, 1.807) is 37.3 Å². The van der Waals surface area contributed by atoms with Gasteiger partial charge in [-0.15, -0.1) is 0 Å². The molecule has 0 aromatic heterocycles. The van der Waals surface area contributed by atoms with E-state index in [0.29, 0.717) is 29.0 Å². The van der Waals surface area contributed by atoms with Crippen LogP contribution in [0.4, 0.5) is 0 Å². The first-order chi connectivity index (χ1) is 10.1. The van der Waals surface area contributed by atoms with Crippen LogP contribution in [0.2, 0.25) is 0 Å². The van der Waals surface area contributed by atoms with Crippen LogP contribution >= 0.6 is 0 Å². The fraction of sp³-hybridized carbons (Fsp3) is 0.176. The topological polar surface area (TPSA) is 77.0 Å². The lowest BCUT2D eigenvalue weighted by Crippen LogP contribution is -1.97. The van der Waals surface area contributed by atoms with Gasteiger partial charge in [0.25, 0.3) is 0 Å². The van der Waals surface area contributed by atoms with Crippen LogP contribution in [0.3, 0.4) is 0 Å². The molecule has 4 nitrogen and oxygen atoms in total. The summed E-state index contributed by atoms with van der Waals surface area (Å²) in [5, 5.41) is 27.4. The second kappa shape index (κ2) is 6.56. The monoisotopic (exact) mass is 278 g/mol. The number of aliphatic hydroxyl groups excluding tert-OH is 1. The average molecular weight is 278 g/mol. The highest BCUT2D eigenvalue weighted by molar-refractivity contribution is 5.45. The molecule has 0 bridgehead atoms. The van der Waals surface area contributed by atoms with E-state index in [9.17, 15) is 5.11 Å². The molecule has 0 saturated heterocycles. The summed E-state index contributed by atoms with van der Waals surface area (Å²) in [6, 6.07) is 16.2. The van der Waals surface area contributed by atoms with Crippen LogP contribution in [0.15, 0.2) is 42.5 Å². The molecule has 0 aliphatic heterocycles. The Hall–Kier alpha value is -2.82. The second-order valence-electron chi connectivity index (χ2n) is 4.62. The van der Waals surface area contributed by atoms with Gasteiger partial charge < -0.3 is 9.84 Å². The summed E-state index contributed by atoms with van der Waals surface area (Å²) in [7, 11) is 0. The smallest absolute Gasteiger partial charge is 0.134 e. The zero-order chi connectivity index (χ0) is 15.2. The van der Waals surface area contributed by atoms with E-state index in [-0.39, 0.29) is 0 Å². The average Bonchev–Trinajstić information content (AvgIpc) is 2.49. The van der Waals surface area contributed by atoms with Crippen LogP contribution in [-0.2, 0) is 6.42 Å². The molecule has 0 aliphatic rings. The molecule has 0 fully saturated rings. The number of rotatable bonds is 4. The second-order valence-corrected chi connectivity index (χ2v) is 4.62. The van der Waals surface area contributed by atoms with Crippen molar-refractivity contribution in [1.82, 2.24) is 0 Å². The Morgan fingerprint density at radius 3 is 2.43 bits per heavy atom. The van der Waals surface area contributed by atoms with Gasteiger partial charge in [0.05, 0.1) is 30.2 Å². The fourth-order valence-electron chi connectivity index (χ4n) is 1.93. The molecule has 2 aromatic carbocycles. The van der Waals surface area contributed by atoms with Crippen molar-refractivity contribution < 1.29 is 9.84 Å². The number of ether oxygens (including phenoxy) is 1. The lowest BCUT2D eigenvalue weighted by molar-refractivity contribution is 0.195. The third-order valence-corrected chi connectivity index (χ3v) is 3.03. The highest BCUT2D eigenvalue weighted by Gasteiger charge is 2.11. The van der Waals surface area contributed by atoms with Crippen molar-refractivity contribution in [1.29, 1.82) is 10.5 Å². The maximum atomic E-state index is 9.76. The lowest BCUT2D eigenvalue weighted by atomic mass is 10.1. The summed E-state index contributed by atoms with van der Waals surface area (Å²) < 4.78 is 5.75. The van der Waals surface area contributed by atoms with Gasteiger partial charge >= 0.3 is 0 Å². The summed E-state index contributed by atoms with van der Waals surface area (Å²) >= 11 is 0. The predicted octanol–water partition coefficient (Wildman–Crippen LogP) is 3.47. The number of nitriles is 2. The van der Waals surface area contributed by atoms with Gasteiger partial charge in [-0.1, -0.05) is 18.2 Å². The van der Waals surface area contributed by atoms with Gasteiger partial charge in [0.1, 0.15) is 11.5 Å². The maximum Gasteiger partial charge on any atom is 0.134 e. The molecule has 0 saturated carbocycles. The molecule has 1 atom stereocenters. The van der Waals surface area contributed by atoms with Gasteiger partial charge in [0.15, 0.2) is 0 Å². The molecule has 0 radical (unpaired) electrons. The first kappa shape index (κ1) is 14.6. The van der Waals surface area contributed by atoms with Crippen molar-refractivity contribution in [3.63, 3.8) is 0 Å². The van der Waals surface area contributed by atoms with Crippen LogP contribution in [0.5, 0.6) is 11.5 Å². The van der Waals surface area contributed by atoms with Crippen molar-refractivity contribution >= 4 is 0 Å². The Kier molecular flexibility index (Phi) is 4.56. The zero-order valence-electron chi connectivity index (χ0n) is 11.6. The summed E-state index contributed by atoms with van der Waals surface area (Å²) in [4.78, 5) is 0. The highest BCUT2D eigenvalue weighted by Crippen LogP contribution is 2.30. The van der Waals surface area contributed by atoms with Gasteiger partial charge in [0.2, 0.25) is 0 Å². The molecular weight excluding hydrogens is 264 g/mol. The summed E-state index contributed by atoms with van der Waals surface area (Å²) in [6.07, 6.45) is -0.339. The molecule has 0 amide bonds. The number of benzene rings is 2. The van der Waals surface area contributed by atoms with Gasteiger partial charge in [-0.25, -0.2) is 0 Å². The predicted molar refractivity (Wildman–Crippen MR) is 77.6 cm³/mol. The Balaban J connectivity index is 2.29. The summed E-state index contributed by atoms with van der Waals surface area (Å²) in [5.74, 6) is 1.05. The Labute approximate surface area is 123 Å². The van der Waals surface area contributed by atoms with E-state index in [0.717, 1.165) is 5.56 Å². The summed E-state index contributed by atoms with van der Waals surface area (Å²) in [5.41, 5.74) is 2.00. The largest absolute Gasteiger partial charge is 0.457 e. The Morgan fingerprint density at radius 2 is 1.86 bits per heavy atom. The standard InChI is InChI=1S/C17H14N2O2/c1-12(20)16-7-4-14(11-19)10-17(16)21-15-5-2-13(3-6-15)8-9-18/h2-7,10,12,20H,8H2,1H3. The molecule has 2 rings (SSSR count). The fourth-order valence-corrected chi connectivity index (χ4v) is 1.93. The number of aliphatic hydroxyl groups is 1. The molecular formula is C17H14N2O2. The Bertz CT molecular complexity index is 707. The normalized spacial score (nSPS) is 11.2. The van der Waals surface area contributed by atoms with E-state index in [1.807, 2.05) is 18.2 Å². The van der Waals surface area contributed by atoms with Crippen LogP contribution in [0.25, 0.3) is 0 Å². The van der Waals surface area contributed by atoms with Crippen molar-refractivity contribution in [2.24, 2.45) is 0 Å². The minimum atomic E-state index is -0.689. The van der Waals surface area contributed by atoms with E-state index in [1.165, 1.54) is 0 Å². The molecule has 0 heterocycles. The maximum absolute atomic E-state index is 9.76. The summed E-state index contributed by atoms with van der Waals surface area (Å²) in [6.45, 7) is 1.64. The van der Waals surface area contributed by atoms with Crippen molar-refractivity contribution in [2.45, 2.75) is 19.4 Å². The third kappa shape index (κ3) is 3.60. The van der Waals surface area contributed by atoms with Crippen molar-refractivity contribution in [3.8, 4) is 23.6 Å². The Morgan fingerprint density at radius 1 is 1.14 bits per heavy atom. The van der Waals surface area contributed by atoms with Crippen LogP contribution in [0.1, 0.15) is 29.7 Å². The zero-order valence-corrected chi connectivity index (χ0v) is 11.6. The van der Waals surface area contributed by atoms with Crippen molar-refractivity contribution in [3.05, 3.63) is 59.2 Å². The lowest BCUT2D eigenvalue weighted by Gasteiger charge is -2.13. The van der Waals surface area contributed by atoms with Gasteiger partial charge in [-0.05, 0) is 36.8 Å². The number of hydrogen-bond acceptors (Lipinski definition) is 4. The minimum absolute atomic E-state index is 0.350. The third-order valence-electron chi connectivity index (χ3n) is 3.03. The first-order valence-electron chi connectivity index (χ1n) is 6.50. The molecule has 4 heteroatoms. The molecule has 104 valence electrons. The van der Waals surface area contributed by atoms with E-state index in [4.69, 9.17) is 15.3 Å². The highest BCUT2D eigenvalue weighted by atomic mass is 16.5. The van der Waals surface area contributed by atoms with Crippen LogP contribution < -0.4 is 4.74 Å². The van der Waals surface area contributed by atoms with Crippen molar-refractivity contribution in [2.75, 3.05) is 0 Å². The first-order valence-corrected chi connectivity index (χ1v) is 6.50. The molecule has 1 N–H and O–H groups in total. The molecule has 21 heavy (non-hydrogen) atoms. The quantitative estimate of drug-likeness (QED) is 0.928. The van der Waals surface area contributed by atoms with E-state index < -0.39 is 6.10 Å². The molecule has 0 spiro atoms. The number of nitrogens with zero attached hydrogens (tertiary/aromatic N) is 2. The minimum Gasteiger partial charge on any atom is -0.457 e. The van der Waals surface area contributed by atoms with Gasteiger partial charge in [-0.2, -0.15) is 10.5 Å². The van der Waals surface area contributed by atoms with Crippen LogP contribution in [-0.4, -0.2) is 5.11 Å². The van der Waals surface area contributed by atoms with E-state index in [2.05, 4.69) is 6.07 Å². The van der Waals surface area contributed by atoms with E-state index >= 15 is 0 Å². The van der Waals surface area contributed by atoms with Gasteiger partial charge in [0, 0.05) is 5.56 Å². The van der Waals surface area contributed by atoms with Crippen LogP contribution in [0, 0.1) is 22.7 Å². The number of hydrogen-bond donors (Lipinski definition) is 1. The molecule has 0 aliphatic carbocycles. The van der Waals surface area contributed by atoms with Gasteiger partial charge in [-0.3, -0.25) is 0 Å². The molecule has 2 aromatic rings.